The maximum atomic E-state index is 12.2. The van der Waals surface area contributed by atoms with E-state index in [1.807, 2.05) is 36.9 Å². The number of aliphatic imine (C=N–C) groups is 1. The van der Waals surface area contributed by atoms with E-state index in [4.69, 9.17) is 0 Å². The van der Waals surface area contributed by atoms with Gasteiger partial charge in [0.2, 0.25) is 11.8 Å². The maximum Gasteiger partial charge on any atom is 0.246 e. The van der Waals surface area contributed by atoms with Gasteiger partial charge in [-0.2, -0.15) is 0 Å². The van der Waals surface area contributed by atoms with Crippen molar-refractivity contribution >= 4 is 63.4 Å². The molecule has 0 bridgehead atoms. The second-order valence-electron chi connectivity index (χ2n) is 6.47. The third-order valence-corrected chi connectivity index (χ3v) is 4.76. The fourth-order valence-electron chi connectivity index (χ4n) is 2.83. The van der Waals surface area contributed by atoms with Crippen LogP contribution in [-0.2, 0) is 9.59 Å². The summed E-state index contributed by atoms with van der Waals surface area (Å²) in [4.78, 5) is 30.0. The number of nitrogens with one attached hydrogen (secondary N) is 3. The van der Waals surface area contributed by atoms with Gasteiger partial charge in [0.15, 0.2) is 5.96 Å². The van der Waals surface area contributed by atoms with Crippen LogP contribution in [0, 0.1) is 6.92 Å². The molecule has 0 atom stereocenters. The Bertz CT molecular complexity index is 699. The molecule has 2 amide bonds. The zero-order valence-electron chi connectivity index (χ0n) is 16.4. The summed E-state index contributed by atoms with van der Waals surface area (Å²) in [5.41, 5.74) is 1.77. The standard InChI is InChI=1S/C19H28BrN5O2.HI/c1-3-21-19(22-9-5-11-25-10-4-6-18(25)27)23-13-17(26)24-16-12-15(20)8-7-14(16)2;/h7-8,12H,3-6,9-11,13H2,1-2H3,(H,24,26)(H2,21,22,23);1H. The lowest BCUT2D eigenvalue weighted by atomic mass is 10.2. The predicted molar refractivity (Wildman–Crippen MR) is 127 cm³/mol. The summed E-state index contributed by atoms with van der Waals surface area (Å²) in [6.45, 7) is 6.99. The normalized spacial score (nSPS) is 13.9. The first kappa shape index (κ1) is 24.7. The summed E-state index contributed by atoms with van der Waals surface area (Å²) >= 11 is 3.41. The quantitative estimate of drug-likeness (QED) is 0.196. The number of aryl methyl sites for hydroxylation is 1. The molecule has 1 aromatic carbocycles. The van der Waals surface area contributed by atoms with Crippen molar-refractivity contribution in [3.8, 4) is 0 Å². The molecule has 0 aromatic heterocycles. The van der Waals surface area contributed by atoms with E-state index >= 15 is 0 Å². The minimum Gasteiger partial charge on any atom is -0.357 e. The molecule has 1 fully saturated rings. The molecule has 0 radical (unpaired) electrons. The topological polar surface area (TPSA) is 85.8 Å². The van der Waals surface area contributed by atoms with Gasteiger partial charge in [-0.3, -0.25) is 9.59 Å². The van der Waals surface area contributed by atoms with E-state index in [-0.39, 0.29) is 42.3 Å². The Labute approximate surface area is 192 Å². The maximum absolute atomic E-state index is 12.2. The minimum atomic E-state index is -0.170. The molecule has 3 N–H and O–H groups in total. The molecule has 1 aliphatic rings. The smallest absolute Gasteiger partial charge is 0.246 e. The number of likely N-dealkylation sites (tertiary alicyclic amines) is 1. The van der Waals surface area contributed by atoms with Gasteiger partial charge in [-0.1, -0.05) is 22.0 Å². The largest absolute Gasteiger partial charge is 0.357 e. The number of hydrogen-bond acceptors (Lipinski definition) is 3. The van der Waals surface area contributed by atoms with Crippen LogP contribution >= 0.6 is 39.9 Å². The molecule has 0 saturated carbocycles. The lowest BCUT2D eigenvalue weighted by Gasteiger charge is -2.16. The van der Waals surface area contributed by atoms with E-state index < -0.39 is 0 Å². The van der Waals surface area contributed by atoms with E-state index in [2.05, 4.69) is 36.9 Å². The molecule has 156 valence electrons. The van der Waals surface area contributed by atoms with E-state index in [0.29, 0.717) is 25.5 Å². The van der Waals surface area contributed by atoms with Gasteiger partial charge in [0.1, 0.15) is 6.54 Å². The highest BCUT2D eigenvalue weighted by Gasteiger charge is 2.18. The number of hydrogen-bond donors (Lipinski definition) is 3. The van der Waals surface area contributed by atoms with Gasteiger partial charge >= 0.3 is 0 Å². The Morgan fingerprint density at radius 3 is 2.79 bits per heavy atom. The van der Waals surface area contributed by atoms with E-state index in [1.165, 1.54) is 0 Å². The highest BCUT2D eigenvalue weighted by Crippen LogP contribution is 2.20. The molecule has 1 aromatic rings. The van der Waals surface area contributed by atoms with Crippen molar-refractivity contribution in [1.29, 1.82) is 0 Å². The molecular weight excluding hydrogens is 537 g/mol. The number of carbonyl (C=O) groups excluding carboxylic acids is 2. The number of carbonyl (C=O) groups is 2. The van der Waals surface area contributed by atoms with Crippen LogP contribution in [0.1, 0.15) is 31.7 Å². The monoisotopic (exact) mass is 565 g/mol. The van der Waals surface area contributed by atoms with Gasteiger partial charge in [0.25, 0.3) is 0 Å². The van der Waals surface area contributed by atoms with E-state index in [9.17, 15) is 9.59 Å². The van der Waals surface area contributed by atoms with Gasteiger partial charge in [-0.25, -0.2) is 4.99 Å². The molecule has 2 rings (SSSR count). The summed E-state index contributed by atoms with van der Waals surface area (Å²) in [6.07, 6.45) is 2.48. The number of rotatable bonds is 8. The molecule has 0 aliphatic carbocycles. The minimum absolute atomic E-state index is 0. The number of anilines is 1. The van der Waals surface area contributed by atoms with Gasteiger partial charge in [0.05, 0.1) is 0 Å². The van der Waals surface area contributed by atoms with Crippen molar-refractivity contribution in [2.75, 3.05) is 38.0 Å². The van der Waals surface area contributed by atoms with Gasteiger partial charge in [0, 0.05) is 42.8 Å². The highest BCUT2D eigenvalue weighted by molar-refractivity contribution is 14.0. The third-order valence-electron chi connectivity index (χ3n) is 4.27. The zero-order valence-corrected chi connectivity index (χ0v) is 20.3. The lowest BCUT2D eigenvalue weighted by molar-refractivity contribution is -0.127. The van der Waals surface area contributed by atoms with Crippen molar-refractivity contribution in [2.45, 2.75) is 33.1 Å². The van der Waals surface area contributed by atoms with Crippen LogP contribution < -0.4 is 16.0 Å². The van der Waals surface area contributed by atoms with Crippen molar-refractivity contribution < 1.29 is 9.59 Å². The molecular formula is C19H29BrIN5O2. The van der Waals surface area contributed by atoms with Gasteiger partial charge in [-0.05, 0) is 44.4 Å². The second-order valence-corrected chi connectivity index (χ2v) is 7.38. The van der Waals surface area contributed by atoms with Gasteiger partial charge < -0.3 is 20.9 Å². The van der Waals surface area contributed by atoms with Crippen molar-refractivity contribution in [3.05, 3.63) is 28.2 Å². The fraction of sp³-hybridized carbons (Fsp3) is 0.526. The summed E-state index contributed by atoms with van der Waals surface area (Å²) in [5.74, 6) is 0.678. The van der Waals surface area contributed by atoms with Crippen LogP contribution in [-0.4, -0.2) is 55.4 Å². The first-order valence-corrected chi connectivity index (χ1v) is 10.1. The van der Waals surface area contributed by atoms with Crippen LogP contribution in [0.15, 0.2) is 27.7 Å². The van der Waals surface area contributed by atoms with Crippen LogP contribution in [0.4, 0.5) is 5.69 Å². The summed E-state index contributed by atoms with van der Waals surface area (Å²) in [6, 6.07) is 5.76. The average Bonchev–Trinajstić information content (AvgIpc) is 3.04. The first-order chi connectivity index (χ1) is 13.0. The summed E-state index contributed by atoms with van der Waals surface area (Å²) in [5, 5.41) is 9.22. The molecule has 1 heterocycles. The summed E-state index contributed by atoms with van der Waals surface area (Å²) < 4.78 is 0.915. The van der Waals surface area contributed by atoms with Crippen LogP contribution in [0.5, 0.6) is 0 Å². The number of amides is 2. The highest BCUT2D eigenvalue weighted by atomic mass is 127. The molecule has 1 aliphatic heterocycles. The number of guanidine groups is 1. The van der Waals surface area contributed by atoms with Crippen LogP contribution in [0.25, 0.3) is 0 Å². The fourth-order valence-corrected chi connectivity index (χ4v) is 3.19. The van der Waals surface area contributed by atoms with Gasteiger partial charge in [-0.15, -0.1) is 24.0 Å². The zero-order chi connectivity index (χ0) is 19.6. The van der Waals surface area contributed by atoms with Crippen molar-refractivity contribution in [3.63, 3.8) is 0 Å². The molecule has 1 saturated heterocycles. The molecule has 28 heavy (non-hydrogen) atoms. The third kappa shape index (κ3) is 8.34. The lowest BCUT2D eigenvalue weighted by Crippen LogP contribution is -2.39. The second kappa shape index (κ2) is 13.0. The molecule has 7 nitrogen and oxygen atoms in total. The Kier molecular flexibility index (Phi) is 11.4. The van der Waals surface area contributed by atoms with Crippen molar-refractivity contribution in [2.24, 2.45) is 4.99 Å². The molecule has 0 spiro atoms. The van der Waals surface area contributed by atoms with Crippen LogP contribution in [0.3, 0.4) is 0 Å². The van der Waals surface area contributed by atoms with Crippen LogP contribution in [0.2, 0.25) is 0 Å². The molecule has 9 heteroatoms. The summed E-state index contributed by atoms with van der Waals surface area (Å²) in [7, 11) is 0. The first-order valence-electron chi connectivity index (χ1n) is 9.35. The van der Waals surface area contributed by atoms with E-state index in [1.54, 1.807) is 0 Å². The Hall–Kier alpha value is -1.36. The Morgan fingerprint density at radius 2 is 2.11 bits per heavy atom. The predicted octanol–water partition coefficient (Wildman–Crippen LogP) is 2.88. The molecule has 0 unspecified atom stereocenters. The Balaban J connectivity index is 0.00000392. The number of halogens is 2. The number of nitrogens with zero attached hydrogens (tertiary/aromatic N) is 2. The SMILES string of the molecule is CCNC(=NCC(=O)Nc1cc(Br)ccc1C)NCCCN1CCCC1=O.I. The Morgan fingerprint density at radius 1 is 1.32 bits per heavy atom. The van der Waals surface area contributed by atoms with Crippen molar-refractivity contribution in [1.82, 2.24) is 15.5 Å². The average molecular weight is 566 g/mol. The van der Waals surface area contributed by atoms with E-state index in [0.717, 1.165) is 41.7 Å². The number of benzene rings is 1.